The number of nitrogens with one attached hydrogen (secondary N) is 2. The van der Waals surface area contributed by atoms with Gasteiger partial charge in [-0.15, -0.1) is 0 Å². The number of benzene rings is 3. The van der Waals surface area contributed by atoms with Gasteiger partial charge in [-0.1, -0.05) is 80.1 Å². The van der Waals surface area contributed by atoms with Gasteiger partial charge < -0.3 is 30.1 Å². The van der Waals surface area contributed by atoms with Gasteiger partial charge in [0.1, 0.15) is 0 Å². The number of carbonyl (C=O) groups excluding carboxylic acids is 1. The van der Waals surface area contributed by atoms with Gasteiger partial charge in [-0.2, -0.15) is 0 Å². The van der Waals surface area contributed by atoms with Crippen LogP contribution in [-0.4, -0.2) is 41.8 Å². The number of urea groups is 1. The van der Waals surface area contributed by atoms with Crippen LogP contribution in [0.3, 0.4) is 0 Å². The predicted octanol–water partition coefficient (Wildman–Crippen LogP) is 5.78. The predicted molar refractivity (Wildman–Crippen MR) is 152 cm³/mol. The molecule has 0 spiro atoms. The van der Waals surface area contributed by atoms with Crippen LogP contribution in [0.2, 0.25) is 0 Å². The smallest absolute Gasteiger partial charge is 0.319 e. The van der Waals surface area contributed by atoms with E-state index in [0.29, 0.717) is 12.2 Å². The van der Waals surface area contributed by atoms with Crippen LogP contribution >= 0.6 is 0 Å². The molecule has 7 heteroatoms. The summed E-state index contributed by atoms with van der Waals surface area (Å²) >= 11 is 0. The molecule has 2 amide bonds. The molecule has 7 nitrogen and oxygen atoms in total. The summed E-state index contributed by atoms with van der Waals surface area (Å²) in [6, 6.07) is 25.2. The van der Waals surface area contributed by atoms with Crippen molar-refractivity contribution < 1.29 is 19.4 Å². The number of anilines is 1. The second kappa shape index (κ2) is 13.2. The van der Waals surface area contributed by atoms with Crippen molar-refractivity contribution in [2.24, 2.45) is 5.92 Å². The van der Waals surface area contributed by atoms with Crippen LogP contribution < -0.4 is 10.6 Å². The number of rotatable bonds is 8. The monoisotopic (exact) mass is 529 g/mol. The van der Waals surface area contributed by atoms with Gasteiger partial charge in [0.2, 0.25) is 0 Å². The molecule has 0 radical (unpaired) electrons. The first-order valence-electron chi connectivity index (χ1n) is 14.0. The van der Waals surface area contributed by atoms with Crippen LogP contribution in [0, 0.1) is 5.92 Å². The maximum absolute atomic E-state index is 12.6. The van der Waals surface area contributed by atoms with E-state index in [1.165, 1.54) is 19.3 Å². The minimum atomic E-state index is -0.562. The minimum absolute atomic E-state index is 0.00449. The number of aliphatic hydroxyl groups is 1. The van der Waals surface area contributed by atoms with Crippen molar-refractivity contribution in [2.45, 2.75) is 57.8 Å². The summed E-state index contributed by atoms with van der Waals surface area (Å²) in [6.45, 7) is 5.74. The fourth-order valence-corrected chi connectivity index (χ4v) is 5.44. The number of carbonyl (C=O) groups is 1. The Balaban J connectivity index is 1.31. The van der Waals surface area contributed by atoms with Crippen molar-refractivity contribution in [3.8, 4) is 0 Å². The summed E-state index contributed by atoms with van der Waals surface area (Å²) in [5.74, 6) is 0.147. The van der Waals surface area contributed by atoms with Crippen molar-refractivity contribution in [3.05, 3.63) is 101 Å². The number of nitrogens with zero attached hydrogens (tertiary/aromatic N) is 1. The highest BCUT2D eigenvalue weighted by atomic mass is 16.7. The van der Waals surface area contributed by atoms with Crippen molar-refractivity contribution in [2.75, 3.05) is 25.0 Å². The first-order chi connectivity index (χ1) is 19.1. The number of hydrogen-bond donors (Lipinski definition) is 3. The Kier molecular flexibility index (Phi) is 9.27. The maximum atomic E-state index is 12.6. The summed E-state index contributed by atoms with van der Waals surface area (Å²) in [7, 11) is 0. The van der Waals surface area contributed by atoms with Gasteiger partial charge in [0.15, 0.2) is 6.29 Å². The molecule has 3 aromatic rings. The lowest BCUT2D eigenvalue weighted by atomic mass is 9.89. The fraction of sp³-hybridized carbons (Fsp3) is 0.406. The SMILES string of the molecule is C[C@@H]1[C@H](CN2CCCCC2)O[C@H](c2cccc(NC(=O)NCc3ccccc3)c2)O[C@@H]1c1ccc(CO)cc1. The van der Waals surface area contributed by atoms with Gasteiger partial charge in [0.25, 0.3) is 0 Å². The summed E-state index contributed by atoms with van der Waals surface area (Å²) in [5, 5.41) is 15.3. The topological polar surface area (TPSA) is 83.1 Å². The van der Waals surface area contributed by atoms with E-state index in [-0.39, 0.29) is 30.8 Å². The minimum Gasteiger partial charge on any atom is -0.392 e. The van der Waals surface area contributed by atoms with E-state index in [4.69, 9.17) is 9.47 Å². The normalized spacial score (nSPS) is 23.7. The molecule has 0 saturated carbocycles. The third kappa shape index (κ3) is 7.25. The Bertz CT molecular complexity index is 1200. The summed E-state index contributed by atoms with van der Waals surface area (Å²) in [6.07, 6.45) is 3.03. The lowest BCUT2D eigenvalue weighted by Gasteiger charge is -2.43. The van der Waals surface area contributed by atoms with E-state index < -0.39 is 6.29 Å². The quantitative estimate of drug-likeness (QED) is 0.345. The second-order valence-electron chi connectivity index (χ2n) is 10.6. The molecular formula is C32H39N3O4. The highest BCUT2D eigenvalue weighted by molar-refractivity contribution is 5.89. The zero-order valence-electron chi connectivity index (χ0n) is 22.6. The number of hydrogen-bond acceptors (Lipinski definition) is 5. The third-order valence-corrected chi connectivity index (χ3v) is 7.72. The number of piperidine rings is 1. The first-order valence-corrected chi connectivity index (χ1v) is 14.0. The van der Waals surface area contributed by atoms with Crippen LogP contribution in [0.1, 0.15) is 60.8 Å². The highest BCUT2D eigenvalue weighted by Gasteiger charge is 2.39. The van der Waals surface area contributed by atoms with Crippen molar-refractivity contribution in [1.82, 2.24) is 10.2 Å². The van der Waals surface area contributed by atoms with Crippen LogP contribution in [0.15, 0.2) is 78.9 Å². The first kappa shape index (κ1) is 27.3. The lowest BCUT2D eigenvalue weighted by Crippen LogP contribution is -2.45. The molecule has 2 aliphatic heterocycles. The molecule has 3 aromatic carbocycles. The van der Waals surface area contributed by atoms with E-state index in [9.17, 15) is 9.90 Å². The zero-order valence-corrected chi connectivity index (χ0v) is 22.6. The van der Waals surface area contributed by atoms with Gasteiger partial charge in [-0.25, -0.2) is 4.79 Å². The van der Waals surface area contributed by atoms with Crippen molar-refractivity contribution in [1.29, 1.82) is 0 Å². The molecule has 4 atom stereocenters. The molecule has 206 valence electrons. The molecule has 0 bridgehead atoms. The molecule has 0 unspecified atom stereocenters. The number of aliphatic hydroxyl groups excluding tert-OH is 1. The van der Waals surface area contributed by atoms with Gasteiger partial charge in [-0.3, -0.25) is 0 Å². The van der Waals surface area contributed by atoms with Crippen LogP contribution in [0.25, 0.3) is 0 Å². The molecule has 5 rings (SSSR count). The Morgan fingerprint density at radius 2 is 1.67 bits per heavy atom. The van der Waals surface area contributed by atoms with Gasteiger partial charge in [0.05, 0.1) is 18.8 Å². The molecule has 3 N–H and O–H groups in total. The number of ether oxygens (including phenoxy) is 2. The molecule has 2 heterocycles. The van der Waals surface area contributed by atoms with Gasteiger partial charge in [-0.05, 0) is 54.8 Å². The molecular weight excluding hydrogens is 490 g/mol. The van der Waals surface area contributed by atoms with E-state index >= 15 is 0 Å². The molecule has 2 saturated heterocycles. The van der Waals surface area contributed by atoms with E-state index in [0.717, 1.165) is 41.9 Å². The Morgan fingerprint density at radius 3 is 2.41 bits per heavy atom. The van der Waals surface area contributed by atoms with Crippen LogP contribution in [-0.2, 0) is 22.6 Å². The summed E-state index contributed by atoms with van der Waals surface area (Å²) in [5.41, 5.74) is 4.54. The Morgan fingerprint density at radius 1 is 0.897 bits per heavy atom. The van der Waals surface area contributed by atoms with E-state index in [2.05, 4.69) is 22.5 Å². The molecule has 0 aliphatic carbocycles. The highest BCUT2D eigenvalue weighted by Crippen LogP contribution is 2.42. The number of amides is 2. The van der Waals surface area contributed by atoms with Crippen molar-refractivity contribution in [3.63, 3.8) is 0 Å². The average Bonchev–Trinajstić information content (AvgIpc) is 2.98. The van der Waals surface area contributed by atoms with Crippen molar-refractivity contribution >= 4 is 11.7 Å². The van der Waals surface area contributed by atoms with E-state index in [1.807, 2.05) is 78.9 Å². The average molecular weight is 530 g/mol. The number of likely N-dealkylation sites (tertiary alicyclic amines) is 1. The fourth-order valence-electron chi connectivity index (χ4n) is 5.44. The molecule has 39 heavy (non-hydrogen) atoms. The van der Waals surface area contributed by atoms with Crippen LogP contribution in [0.4, 0.5) is 10.5 Å². The molecule has 0 aromatic heterocycles. The summed E-state index contributed by atoms with van der Waals surface area (Å²) in [4.78, 5) is 15.1. The standard InChI is InChI=1S/C32H39N3O4/c1-23-29(21-35-17-6-3-7-18-35)38-31(39-30(23)26-15-13-25(22-36)14-16-26)27-11-8-12-28(19-27)34-32(37)33-20-24-9-4-2-5-10-24/h2,4-5,8-16,19,23,29-31,36H,3,6-7,17-18,20-22H2,1H3,(H2,33,34,37)/t23-,29+,30+,31+/m1/s1. The summed E-state index contributed by atoms with van der Waals surface area (Å²) < 4.78 is 13.2. The van der Waals surface area contributed by atoms with Gasteiger partial charge >= 0.3 is 6.03 Å². The molecule has 2 aliphatic rings. The van der Waals surface area contributed by atoms with Crippen LogP contribution in [0.5, 0.6) is 0 Å². The third-order valence-electron chi connectivity index (χ3n) is 7.72. The van der Waals surface area contributed by atoms with Gasteiger partial charge in [0, 0.05) is 30.3 Å². The Hall–Kier alpha value is -3.23. The maximum Gasteiger partial charge on any atom is 0.319 e. The second-order valence-corrected chi connectivity index (χ2v) is 10.6. The largest absolute Gasteiger partial charge is 0.392 e. The zero-order chi connectivity index (χ0) is 27.0. The lowest BCUT2D eigenvalue weighted by molar-refractivity contribution is -0.276. The van der Waals surface area contributed by atoms with E-state index in [1.54, 1.807) is 0 Å². The Labute approximate surface area is 231 Å². The molecule has 2 fully saturated rings.